The molecule has 1 aliphatic heterocycles. The van der Waals surface area contributed by atoms with Crippen LogP contribution in [0.2, 0.25) is 0 Å². The summed E-state index contributed by atoms with van der Waals surface area (Å²) in [7, 11) is 0. The Morgan fingerprint density at radius 2 is 1.82 bits per heavy atom. The Morgan fingerprint density at radius 1 is 1.29 bits per heavy atom. The van der Waals surface area contributed by atoms with Gasteiger partial charge in [0.1, 0.15) is 5.54 Å². The highest BCUT2D eigenvalue weighted by atomic mass is 32.1. The van der Waals surface area contributed by atoms with Gasteiger partial charge >= 0.3 is 0 Å². The first-order valence-corrected chi connectivity index (χ1v) is 6.39. The van der Waals surface area contributed by atoms with Gasteiger partial charge in [0.15, 0.2) is 0 Å². The number of likely N-dealkylation sites (tertiary alicyclic amines) is 1. The van der Waals surface area contributed by atoms with Gasteiger partial charge in [0, 0.05) is 6.42 Å². The molecule has 0 aromatic rings. The Morgan fingerprint density at radius 3 is 2.18 bits per heavy atom. The van der Waals surface area contributed by atoms with E-state index >= 15 is 0 Å². The number of amides is 2. The van der Waals surface area contributed by atoms with Crippen LogP contribution in [0.4, 0.5) is 0 Å². The summed E-state index contributed by atoms with van der Waals surface area (Å²) in [6.07, 6.45) is 3.63. The van der Waals surface area contributed by atoms with Crippen molar-refractivity contribution in [3.63, 3.8) is 0 Å². The summed E-state index contributed by atoms with van der Waals surface area (Å²) in [5, 5.41) is 0. The maximum Gasteiger partial charge on any atom is 0.236 e. The molecule has 17 heavy (non-hydrogen) atoms. The summed E-state index contributed by atoms with van der Waals surface area (Å²) in [6, 6.07) is 0. The van der Waals surface area contributed by atoms with E-state index in [-0.39, 0.29) is 23.2 Å². The van der Waals surface area contributed by atoms with E-state index in [2.05, 4.69) is 0 Å². The minimum Gasteiger partial charge on any atom is -0.391 e. The third kappa shape index (κ3) is 1.68. The normalized spacial score (nSPS) is 26.6. The Kier molecular flexibility index (Phi) is 2.77. The number of carbonyl (C=O) groups excluding carboxylic acids is 2. The molecule has 2 amide bonds. The van der Waals surface area contributed by atoms with Crippen LogP contribution in [0, 0.1) is 5.41 Å². The third-order valence-corrected chi connectivity index (χ3v) is 4.32. The van der Waals surface area contributed by atoms with Crippen molar-refractivity contribution in [3.05, 3.63) is 0 Å². The highest BCUT2D eigenvalue weighted by Gasteiger charge is 2.55. The van der Waals surface area contributed by atoms with Gasteiger partial charge in [-0.3, -0.25) is 14.5 Å². The van der Waals surface area contributed by atoms with E-state index in [0.29, 0.717) is 0 Å². The van der Waals surface area contributed by atoms with E-state index in [0.717, 1.165) is 25.7 Å². The van der Waals surface area contributed by atoms with E-state index in [1.54, 1.807) is 13.8 Å². The topological polar surface area (TPSA) is 63.4 Å². The molecule has 0 unspecified atom stereocenters. The lowest BCUT2D eigenvalue weighted by Gasteiger charge is -2.37. The van der Waals surface area contributed by atoms with Crippen molar-refractivity contribution in [2.24, 2.45) is 11.1 Å². The van der Waals surface area contributed by atoms with Crippen molar-refractivity contribution < 1.29 is 9.59 Å². The van der Waals surface area contributed by atoms with Crippen molar-refractivity contribution >= 4 is 29.0 Å². The van der Waals surface area contributed by atoms with Gasteiger partial charge in [0.05, 0.1) is 10.4 Å². The lowest BCUT2D eigenvalue weighted by Crippen LogP contribution is -2.58. The first-order valence-electron chi connectivity index (χ1n) is 5.99. The van der Waals surface area contributed by atoms with Crippen LogP contribution in [0.3, 0.4) is 0 Å². The molecule has 94 valence electrons. The number of carbonyl (C=O) groups is 2. The number of nitrogens with zero attached hydrogens (tertiary/aromatic N) is 1. The molecule has 2 fully saturated rings. The van der Waals surface area contributed by atoms with Gasteiger partial charge in [-0.05, 0) is 12.8 Å². The van der Waals surface area contributed by atoms with Gasteiger partial charge in [0.2, 0.25) is 11.8 Å². The van der Waals surface area contributed by atoms with Gasteiger partial charge in [0.25, 0.3) is 0 Å². The number of hydrogen-bond acceptors (Lipinski definition) is 3. The van der Waals surface area contributed by atoms with Gasteiger partial charge in [-0.2, -0.15) is 0 Å². The third-order valence-electron chi connectivity index (χ3n) is 3.94. The van der Waals surface area contributed by atoms with Crippen molar-refractivity contribution in [3.8, 4) is 0 Å². The van der Waals surface area contributed by atoms with Crippen LogP contribution in [0.25, 0.3) is 0 Å². The van der Waals surface area contributed by atoms with E-state index < -0.39 is 11.0 Å². The molecule has 2 rings (SSSR count). The SMILES string of the molecule is CC1(C)CC(=O)N(C2(C(N)=S)CCCC2)C1=O. The molecule has 2 aliphatic rings. The summed E-state index contributed by atoms with van der Waals surface area (Å²) >= 11 is 5.12. The second kappa shape index (κ2) is 3.77. The summed E-state index contributed by atoms with van der Waals surface area (Å²) in [4.78, 5) is 26.1. The summed E-state index contributed by atoms with van der Waals surface area (Å²) in [6.45, 7) is 3.60. The molecule has 1 saturated carbocycles. The zero-order chi connectivity index (χ0) is 12.8. The van der Waals surface area contributed by atoms with Crippen molar-refractivity contribution in [2.45, 2.75) is 51.5 Å². The molecular weight excluding hydrogens is 236 g/mol. The minimum atomic E-state index is -0.683. The van der Waals surface area contributed by atoms with E-state index in [9.17, 15) is 9.59 Å². The van der Waals surface area contributed by atoms with Crippen LogP contribution in [-0.2, 0) is 9.59 Å². The molecule has 1 aliphatic carbocycles. The smallest absolute Gasteiger partial charge is 0.236 e. The number of nitrogens with two attached hydrogens (primary N) is 1. The molecular formula is C12H18N2O2S. The molecule has 0 radical (unpaired) electrons. The van der Waals surface area contributed by atoms with Crippen molar-refractivity contribution in [1.29, 1.82) is 0 Å². The van der Waals surface area contributed by atoms with Gasteiger partial charge in [-0.1, -0.05) is 38.9 Å². The molecule has 4 nitrogen and oxygen atoms in total. The highest BCUT2D eigenvalue weighted by Crippen LogP contribution is 2.43. The number of hydrogen-bond donors (Lipinski definition) is 1. The first-order chi connectivity index (χ1) is 7.81. The zero-order valence-corrected chi connectivity index (χ0v) is 11.1. The number of thiocarbonyl (C=S) groups is 1. The summed E-state index contributed by atoms with van der Waals surface area (Å²) < 4.78 is 0. The quantitative estimate of drug-likeness (QED) is 0.597. The summed E-state index contributed by atoms with van der Waals surface area (Å²) in [5.74, 6) is -0.257. The van der Waals surface area contributed by atoms with Gasteiger partial charge in [-0.25, -0.2) is 0 Å². The first kappa shape index (κ1) is 12.5. The Hall–Kier alpha value is -0.970. The fraction of sp³-hybridized carbons (Fsp3) is 0.750. The number of rotatable bonds is 2. The molecule has 0 atom stereocenters. The predicted octanol–water partition coefficient (Wildman–Crippen LogP) is 1.37. The maximum absolute atomic E-state index is 12.3. The highest BCUT2D eigenvalue weighted by molar-refractivity contribution is 7.80. The minimum absolute atomic E-state index is 0.128. The molecule has 0 spiro atoms. The van der Waals surface area contributed by atoms with Crippen LogP contribution in [0.1, 0.15) is 46.0 Å². The molecule has 1 heterocycles. The lowest BCUT2D eigenvalue weighted by molar-refractivity contribution is -0.145. The molecule has 0 aromatic carbocycles. The van der Waals surface area contributed by atoms with Crippen LogP contribution in [0.5, 0.6) is 0 Å². The van der Waals surface area contributed by atoms with Crippen LogP contribution in [0.15, 0.2) is 0 Å². The largest absolute Gasteiger partial charge is 0.391 e. The van der Waals surface area contributed by atoms with Crippen LogP contribution < -0.4 is 5.73 Å². The standard InChI is InChI=1S/C12H18N2O2S/c1-11(2)7-8(15)14(10(11)16)12(9(13)17)5-3-4-6-12/h3-7H2,1-2H3,(H2,13,17). The fourth-order valence-corrected chi connectivity index (χ4v) is 3.22. The average Bonchev–Trinajstić information content (AvgIpc) is 2.73. The predicted molar refractivity (Wildman–Crippen MR) is 68.2 cm³/mol. The van der Waals surface area contributed by atoms with Gasteiger partial charge in [-0.15, -0.1) is 0 Å². The van der Waals surface area contributed by atoms with Crippen molar-refractivity contribution in [2.75, 3.05) is 0 Å². The second-order valence-corrected chi connectivity index (χ2v) is 6.14. The zero-order valence-electron chi connectivity index (χ0n) is 10.3. The Bertz CT molecular complexity index is 397. The van der Waals surface area contributed by atoms with Crippen LogP contribution >= 0.6 is 12.2 Å². The van der Waals surface area contributed by atoms with Crippen molar-refractivity contribution in [1.82, 2.24) is 4.90 Å². The van der Waals surface area contributed by atoms with E-state index in [4.69, 9.17) is 18.0 Å². The molecule has 1 saturated heterocycles. The Balaban J connectivity index is 2.42. The maximum atomic E-state index is 12.3. The van der Waals surface area contributed by atoms with Crippen LogP contribution in [-0.4, -0.2) is 27.2 Å². The summed E-state index contributed by atoms with van der Waals surface area (Å²) in [5.41, 5.74) is 4.51. The second-order valence-electron chi connectivity index (χ2n) is 5.70. The molecule has 0 bridgehead atoms. The monoisotopic (exact) mass is 254 g/mol. The molecule has 5 heteroatoms. The van der Waals surface area contributed by atoms with Gasteiger partial charge < -0.3 is 5.73 Å². The molecule has 2 N–H and O–H groups in total. The fourth-order valence-electron chi connectivity index (χ4n) is 2.92. The van der Waals surface area contributed by atoms with E-state index in [1.807, 2.05) is 0 Å². The Labute approximate surface area is 107 Å². The lowest BCUT2D eigenvalue weighted by atomic mass is 9.90. The van der Waals surface area contributed by atoms with E-state index in [1.165, 1.54) is 4.90 Å². The number of imide groups is 1. The molecule has 0 aromatic heterocycles. The average molecular weight is 254 g/mol.